The number of nitrogens with one attached hydrogen (secondary N) is 1. The number of ether oxygens (including phenoxy) is 1. The van der Waals surface area contributed by atoms with Gasteiger partial charge in [-0.25, -0.2) is 12.8 Å². The van der Waals surface area contributed by atoms with Gasteiger partial charge in [-0.1, -0.05) is 42.0 Å². The number of amides is 2. The average Bonchev–Trinajstić information content (AvgIpc) is 2.91. The van der Waals surface area contributed by atoms with Gasteiger partial charge >= 0.3 is 0 Å². The van der Waals surface area contributed by atoms with Gasteiger partial charge in [0.15, 0.2) is 0 Å². The van der Waals surface area contributed by atoms with Crippen molar-refractivity contribution in [2.45, 2.75) is 45.2 Å². The maximum absolute atomic E-state index is 14.6. The molecule has 0 aliphatic heterocycles. The van der Waals surface area contributed by atoms with Crippen molar-refractivity contribution in [3.63, 3.8) is 0 Å². The molecule has 0 aliphatic rings. The highest BCUT2D eigenvalue weighted by atomic mass is 32.2. The van der Waals surface area contributed by atoms with Crippen LogP contribution in [-0.4, -0.2) is 51.4 Å². The van der Waals surface area contributed by atoms with E-state index in [1.54, 1.807) is 50.2 Å². The molecule has 0 aromatic heterocycles. The first kappa shape index (κ1) is 29.6. The molecular formula is C29H34FN3O5S. The third kappa shape index (κ3) is 6.94. The monoisotopic (exact) mass is 555 g/mol. The number of anilines is 1. The zero-order valence-corrected chi connectivity index (χ0v) is 23.6. The summed E-state index contributed by atoms with van der Waals surface area (Å²) in [5.41, 5.74) is 1.99. The molecular weight excluding hydrogens is 521 g/mol. The summed E-state index contributed by atoms with van der Waals surface area (Å²) < 4.78 is 48.9. The number of nitrogens with zero attached hydrogens (tertiary/aromatic N) is 2. The lowest BCUT2D eigenvalue weighted by Gasteiger charge is -2.32. The van der Waals surface area contributed by atoms with Gasteiger partial charge in [-0.3, -0.25) is 13.9 Å². The van der Waals surface area contributed by atoms with Crippen LogP contribution >= 0.6 is 0 Å². The molecule has 39 heavy (non-hydrogen) atoms. The quantitative estimate of drug-likeness (QED) is 0.383. The number of methoxy groups -OCH3 is 1. The zero-order valence-electron chi connectivity index (χ0n) is 22.8. The summed E-state index contributed by atoms with van der Waals surface area (Å²) in [6.45, 7) is 6.36. The highest BCUT2D eigenvalue weighted by Crippen LogP contribution is 2.34. The normalized spacial score (nSPS) is 11.9. The van der Waals surface area contributed by atoms with E-state index in [-0.39, 0.29) is 28.4 Å². The molecule has 0 spiro atoms. The van der Waals surface area contributed by atoms with E-state index in [4.69, 9.17) is 4.74 Å². The van der Waals surface area contributed by atoms with Crippen molar-refractivity contribution in [2.75, 3.05) is 24.5 Å². The van der Waals surface area contributed by atoms with Crippen LogP contribution in [0, 0.1) is 19.7 Å². The van der Waals surface area contributed by atoms with Crippen LogP contribution in [0.5, 0.6) is 5.75 Å². The minimum atomic E-state index is -4.25. The van der Waals surface area contributed by atoms with Crippen LogP contribution in [0.2, 0.25) is 0 Å². The van der Waals surface area contributed by atoms with Crippen molar-refractivity contribution >= 4 is 27.5 Å². The van der Waals surface area contributed by atoms with E-state index in [1.807, 2.05) is 6.92 Å². The van der Waals surface area contributed by atoms with E-state index in [0.29, 0.717) is 6.54 Å². The number of likely N-dealkylation sites (N-methyl/N-ethyl adjacent to an activating group) is 1. The molecule has 10 heteroatoms. The van der Waals surface area contributed by atoms with Gasteiger partial charge in [-0.15, -0.1) is 0 Å². The Morgan fingerprint density at radius 3 is 2.26 bits per heavy atom. The summed E-state index contributed by atoms with van der Waals surface area (Å²) in [5.74, 6) is -1.41. The van der Waals surface area contributed by atoms with Gasteiger partial charge in [-0.2, -0.15) is 0 Å². The molecule has 0 unspecified atom stereocenters. The number of halogens is 1. The van der Waals surface area contributed by atoms with Crippen LogP contribution in [-0.2, 0) is 26.2 Å². The van der Waals surface area contributed by atoms with Gasteiger partial charge in [0.1, 0.15) is 24.2 Å². The summed E-state index contributed by atoms with van der Waals surface area (Å²) in [4.78, 5) is 27.8. The largest absolute Gasteiger partial charge is 0.495 e. The summed E-state index contributed by atoms with van der Waals surface area (Å²) in [6, 6.07) is 16.2. The third-order valence-electron chi connectivity index (χ3n) is 6.31. The minimum absolute atomic E-state index is 0.0121. The lowest BCUT2D eigenvalue weighted by molar-refractivity contribution is -0.139. The third-order valence-corrected chi connectivity index (χ3v) is 8.08. The predicted molar refractivity (Wildman–Crippen MR) is 149 cm³/mol. The molecule has 3 aromatic carbocycles. The Labute approximate surface area is 229 Å². The average molecular weight is 556 g/mol. The number of aryl methyl sites for hydroxylation is 2. The van der Waals surface area contributed by atoms with Crippen LogP contribution in [0.1, 0.15) is 30.5 Å². The lowest BCUT2D eigenvalue weighted by atomic mass is 10.1. The molecule has 8 nitrogen and oxygen atoms in total. The summed E-state index contributed by atoms with van der Waals surface area (Å²) in [5, 5.41) is 2.67. The molecule has 3 rings (SSSR count). The molecule has 1 atom stereocenters. The molecule has 0 bridgehead atoms. The van der Waals surface area contributed by atoms with E-state index >= 15 is 0 Å². The first-order valence-electron chi connectivity index (χ1n) is 12.5. The number of sulfonamides is 1. The van der Waals surface area contributed by atoms with Crippen LogP contribution in [0.3, 0.4) is 0 Å². The molecule has 0 saturated carbocycles. The molecule has 208 valence electrons. The van der Waals surface area contributed by atoms with Gasteiger partial charge in [0.25, 0.3) is 10.0 Å². The molecule has 0 saturated heterocycles. The molecule has 0 aliphatic carbocycles. The molecule has 3 aromatic rings. The number of hydrogen-bond donors (Lipinski definition) is 1. The Kier molecular flexibility index (Phi) is 9.69. The van der Waals surface area contributed by atoms with Crippen LogP contribution in [0.4, 0.5) is 10.1 Å². The van der Waals surface area contributed by atoms with Crippen LogP contribution < -0.4 is 14.4 Å². The molecule has 0 heterocycles. The Morgan fingerprint density at radius 2 is 1.64 bits per heavy atom. The first-order valence-corrected chi connectivity index (χ1v) is 14.0. The maximum atomic E-state index is 14.6. The number of rotatable bonds is 11. The van der Waals surface area contributed by atoms with E-state index in [9.17, 15) is 22.4 Å². The van der Waals surface area contributed by atoms with Gasteiger partial charge < -0.3 is 15.0 Å². The Morgan fingerprint density at radius 1 is 1.00 bits per heavy atom. The smallest absolute Gasteiger partial charge is 0.264 e. The Bertz CT molecular complexity index is 1430. The van der Waals surface area contributed by atoms with Gasteiger partial charge in [0.2, 0.25) is 11.8 Å². The minimum Gasteiger partial charge on any atom is -0.495 e. The maximum Gasteiger partial charge on any atom is 0.264 e. The lowest BCUT2D eigenvalue weighted by Crippen LogP contribution is -2.51. The van der Waals surface area contributed by atoms with Crippen molar-refractivity contribution in [1.29, 1.82) is 0 Å². The second-order valence-corrected chi connectivity index (χ2v) is 11.0. The number of carbonyl (C=O) groups excluding carboxylic acids is 2. The topological polar surface area (TPSA) is 96.0 Å². The predicted octanol–water partition coefficient (Wildman–Crippen LogP) is 4.20. The van der Waals surface area contributed by atoms with Crippen molar-refractivity contribution in [2.24, 2.45) is 0 Å². The fourth-order valence-corrected chi connectivity index (χ4v) is 5.48. The number of hydrogen-bond acceptors (Lipinski definition) is 5. The van der Waals surface area contributed by atoms with E-state index in [1.165, 1.54) is 49.3 Å². The SMILES string of the molecule is CCNC(=O)[C@@H](C)N(Cc1ccccc1F)C(=O)CN(c1cc(C)ccc1OC)S(=O)(=O)c1ccc(C)cc1. The van der Waals surface area contributed by atoms with Crippen molar-refractivity contribution < 1.29 is 27.1 Å². The second kappa shape index (κ2) is 12.8. The zero-order chi connectivity index (χ0) is 28.7. The molecule has 1 N–H and O–H groups in total. The summed E-state index contributed by atoms with van der Waals surface area (Å²) in [7, 11) is -2.84. The van der Waals surface area contributed by atoms with E-state index < -0.39 is 40.2 Å². The van der Waals surface area contributed by atoms with Gasteiger partial charge in [0.05, 0.1) is 17.7 Å². The Balaban J connectivity index is 2.11. The highest BCUT2D eigenvalue weighted by molar-refractivity contribution is 7.92. The summed E-state index contributed by atoms with van der Waals surface area (Å²) in [6.07, 6.45) is 0. The number of carbonyl (C=O) groups is 2. The molecule has 0 fully saturated rings. The van der Waals surface area contributed by atoms with Gasteiger partial charge in [-0.05, 0) is 63.6 Å². The van der Waals surface area contributed by atoms with Crippen molar-refractivity contribution in [3.8, 4) is 5.75 Å². The first-order chi connectivity index (χ1) is 18.5. The van der Waals surface area contributed by atoms with E-state index in [2.05, 4.69) is 5.32 Å². The highest BCUT2D eigenvalue weighted by Gasteiger charge is 2.34. The van der Waals surface area contributed by atoms with Crippen molar-refractivity contribution in [3.05, 3.63) is 89.2 Å². The van der Waals surface area contributed by atoms with Crippen LogP contribution in [0.25, 0.3) is 0 Å². The molecule has 0 radical (unpaired) electrons. The summed E-state index contributed by atoms with van der Waals surface area (Å²) >= 11 is 0. The van der Waals surface area contributed by atoms with Crippen LogP contribution in [0.15, 0.2) is 71.6 Å². The van der Waals surface area contributed by atoms with Gasteiger partial charge in [0, 0.05) is 18.7 Å². The van der Waals surface area contributed by atoms with E-state index in [0.717, 1.165) is 15.4 Å². The standard InChI is InChI=1S/C29H34FN3O5S/c1-6-31-29(35)22(4)32(18-23-9-7-8-10-25(23)30)28(34)19-33(26-17-21(3)13-16-27(26)38-5)39(36,37)24-14-11-20(2)12-15-24/h7-17,22H,6,18-19H2,1-5H3,(H,31,35)/t22-/m1/s1. The van der Waals surface area contributed by atoms with Crippen molar-refractivity contribution in [1.82, 2.24) is 10.2 Å². The second-order valence-electron chi connectivity index (χ2n) is 9.18. The fourth-order valence-electron chi connectivity index (χ4n) is 4.06. The molecule has 2 amide bonds. The number of benzene rings is 3. The fraction of sp³-hybridized carbons (Fsp3) is 0.310. The Hall–Kier alpha value is -3.92.